The van der Waals surface area contributed by atoms with Crippen molar-refractivity contribution < 1.29 is 42.1 Å². The molecular formula is C44H80NO8P. The molecule has 0 heterocycles. The van der Waals surface area contributed by atoms with Crippen molar-refractivity contribution in [2.24, 2.45) is 0 Å². The van der Waals surface area contributed by atoms with Crippen LogP contribution in [0.2, 0.25) is 0 Å². The highest BCUT2D eigenvalue weighted by Crippen LogP contribution is 2.38. The Labute approximate surface area is 331 Å². The maximum absolute atomic E-state index is 12.6. The van der Waals surface area contributed by atoms with Crippen LogP contribution in [0.1, 0.15) is 168 Å². The van der Waals surface area contributed by atoms with Crippen LogP contribution in [0, 0.1) is 0 Å². The minimum Gasteiger partial charge on any atom is -0.756 e. The van der Waals surface area contributed by atoms with Gasteiger partial charge >= 0.3 is 11.9 Å². The average molecular weight is 782 g/mol. The minimum atomic E-state index is -4.63. The van der Waals surface area contributed by atoms with E-state index in [9.17, 15) is 19.0 Å². The number of phosphoric acid groups is 1. The smallest absolute Gasteiger partial charge is 0.306 e. The number of hydrogen-bond donors (Lipinski definition) is 0. The summed E-state index contributed by atoms with van der Waals surface area (Å²) in [5, 5.41) is 0. The quantitative estimate of drug-likeness (QED) is 0.0200. The van der Waals surface area contributed by atoms with Crippen molar-refractivity contribution in [1.29, 1.82) is 0 Å². The first-order chi connectivity index (χ1) is 26.0. The van der Waals surface area contributed by atoms with Gasteiger partial charge in [0.05, 0.1) is 27.7 Å². The van der Waals surface area contributed by atoms with E-state index in [1.165, 1.54) is 77.0 Å². The van der Waals surface area contributed by atoms with Gasteiger partial charge in [0.2, 0.25) is 0 Å². The van der Waals surface area contributed by atoms with Crippen LogP contribution in [0.15, 0.2) is 48.6 Å². The third-order valence-corrected chi connectivity index (χ3v) is 9.82. The second-order valence-corrected chi connectivity index (χ2v) is 16.8. The van der Waals surface area contributed by atoms with Gasteiger partial charge in [0, 0.05) is 12.8 Å². The van der Waals surface area contributed by atoms with Gasteiger partial charge in [0.15, 0.2) is 6.10 Å². The Morgan fingerprint density at radius 1 is 0.574 bits per heavy atom. The van der Waals surface area contributed by atoms with Crippen LogP contribution in [-0.2, 0) is 32.7 Å². The minimum absolute atomic E-state index is 0.0380. The highest BCUT2D eigenvalue weighted by molar-refractivity contribution is 7.45. The molecule has 54 heavy (non-hydrogen) atoms. The number of hydrogen-bond acceptors (Lipinski definition) is 8. The molecule has 0 spiro atoms. The lowest BCUT2D eigenvalue weighted by atomic mass is 10.1. The molecule has 0 N–H and O–H groups in total. The van der Waals surface area contributed by atoms with Crippen LogP contribution in [0.4, 0.5) is 0 Å². The van der Waals surface area contributed by atoms with Crippen LogP contribution < -0.4 is 4.89 Å². The third-order valence-electron chi connectivity index (χ3n) is 8.85. The molecule has 0 rings (SSSR count). The van der Waals surface area contributed by atoms with E-state index in [1.807, 2.05) is 21.1 Å². The number of carbonyl (C=O) groups is 2. The summed E-state index contributed by atoms with van der Waals surface area (Å²) in [4.78, 5) is 37.4. The molecule has 314 valence electrons. The summed E-state index contributed by atoms with van der Waals surface area (Å²) in [6.45, 7) is 4.14. The lowest BCUT2D eigenvalue weighted by Gasteiger charge is -2.28. The van der Waals surface area contributed by atoms with Gasteiger partial charge in [-0.25, -0.2) is 0 Å². The first-order valence-electron chi connectivity index (χ1n) is 21.3. The molecule has 0 aliphatic rings. The number of esters is 2. The van der Waals surface area contributed by atoms with E-state index in [0.717, 1.165) is 57.8 Å². The number of unbranched alkanes of at least 4 members (excludes halogenated alkanes) is 16. The Balaban J connectivity index is 4.44. The number of ether oxygens (including phenoxy) is 2. The molecule has 0 aliphatic heterocycles. The SMILES string of the molecule is CCCCC/C=C\C/C=C\C/C=C\C/C=C\CCCCCC(=O)O[C@H](COC(=O)CCCCCCCCCCCCC)COP(=O)([O-])OCC[N+](C)(C)C. The molecule has 10 heteroatoms. The fraction of sp³-hybridized carbons (Fsp3) is 0.773. The zero-order valence-electron chi connectivity index (χ0n) is 35.2. The van der Waals surface area contributed by atoms with Gasteiger partial charge in [-0.15, -0.1) is 0 Å². The van der Waals surface area contributed by atoms with Crippen molar-refractivity contribution in [2.75, 3.05) is 47.5 Å². The second kappa shape index (κ2) is 36.6. The molecule has 0 aromatic carbocycles. The van der Waals surface area contributed by atoms with Gasteiger partial charge in [-0.2, -0.15) is 0 Å². The molecule has 0 radical (unpaired) electrons. The van der Waals surface area contributed by atoms with Crippen molar-refractivity contribution in [3.05, 3.63) is 48.6 Å². The number of rotatable bonds is 38. The summed E-state index contributed by atoms with van der Waals surface area (Å²) in [5.41, 5.74) is 0. The summed E-state index contributed by atoms with van der Waals surface area (Å²) >= 11 is 0. The molecule has 0 bridgehead atoms. The highest BCUT2D eigenvalue weighted by atomic mass is 31.2. The van der Waals surface area contributed by atoms with E-state index in [0.29, 0.717) is 17.4 Å². The molecular weight excluding hydrogens is 701 g/mol. The Morgan fingerprint density at radius 2 is 1.00 bits per heavy atom. The first kappa shape index (κ1) is 52.0. The number of phosphoric ester groups is 1. The topological polar surface area (TPSA) is 111 Å². The zero-order valence-corrected chi connectivity index (χ0v) is 36.0. The lowest BCUT2D eigenvalue weighted by Crippen LogP contribution is -2.37. The predicted molar refractivity (Wildman–Crippen MR) is 222 cm³/mol. The van der Waals surface area contributed by atoms with Gasteiger partial charge in [-0.05, 0) is 57.8 Å². The number of quaternary nitrogens is 1. The fourth-order valence-corrected chi connectivity index (χ4v) is 6.19. The van der Waals surface area contributed by atoms with Crippen LogP contribution in [0.3, 0.4) is 0 Å². The van der Waals surface area contributed by atoms with E-state index < -0.39 is 32.5 Å². The number of nitrogens with zero attached hydrogens (tertiary/aromatic N) is 1. The third kappa shape index (κ3) is 39.7. The molecule has 0 aliphatic carbocycles. The van der Waals surface area contributed by atoms with Gasteiger partial charge in [0.1, 0.15) is 19.8 Å². The summed E-state index contributed by atoms with van der Waals surface area (Å²) in [6.07, 6.45) is 41.4. The summed E-state index contributed by atoms with van der Waals surface area (Å²) in [5.74, 6) is -0.872. The Morgan fingerprint density at radius 3 is 1.52 bits per heavy atom. The molecule has 0 saturated heterocycles. The molecule has 0 amide bonds. The van der Waals surface area contributed by atoms with Gasteiger partial charge in [-0.1, -0.05) is 146 Å². The molecule has 0 aromatic heterocycles. The monoisotopic (exact) mass is 782 g/mol. The van der Waals surface area contributed by atoms with Crippen molar-refractivity contribution in [2.45, 2.75) is 174 Å². The maximum Gasteiger partial charge on any atom is 0.306 e. The lowest BCUT2D eigenvalue weighted by molar-refractivity contribution is -0.870. The molecule has 0 fully saturated rings. The van der Waals surface area contributed by atoms with E-state index in [1.54, 1.807) is 0 Å². The first-order valence-corrected chi connectivity index (χ1v) is 22.8. The van der Waals surface area contributed by atoms with Crippen LogP contribution in [-0.4, -0.2) is 70.0 Å². The Kier molecular flexibility index (Phi) is 35.2. The summed E-state index contributed by atoms with van der Waals surface area (Å²) < 4.78 is 33.8. The maximum atomic E-state index is 12.6. The van der Waals surface area contributed by atoms with Crippen LogP contribution in [0.25, 0.3) is 0 Å². The van der Waals surface area contributed by atoms with Crippen molar-refractivity contribution in [3.63, 3.8) is 0 Å². The second-order valence-electron chi connectivity index (χ2n) is 15.4. The highest BCUT2D eigenvalue weighted by Gasteiger charge is 2.21. The average Bonchev–Trinajstić information content (AvgIpc) is 3.12. The van der Waals surface area contributed by atoms with Crippen LogP contribution >= 0.6 is 7.82 Å². The molecule has 0 saturated carbocycles. The Hall–Kier alpha value is -2.03. The zero-order chi connectivity index (χ0) is 40.0. The van der Waals surface area contributed by atoms with E-state index in [4.69, 9.17) is 18.5 Å². The number of likely N-dealkylation sites (N-methyl/N-ethyl adjacent to an activating group) is 1. The normalized spacial score (nSPS) is 14.1. The van der Waals surface area contributed by atoms with Gasteiger partial charge in [-0.3, -0.25) is 14.2 Å². The molecule has 0 aromatic rings. The van der Waals surface area contributed by atoms with Crippen molar-refractivity contribution in [3.8, 4) is 0 Å². The van der Waals surface area contributed by atoms with Crippen LogP contribution in [0.5, 0.6) is 0 Å². The predicted octanol–water partition coefficient (Wildman–Crippen LogP) is 11.3. The standard InChI is InChI=1S/C44H80NO8P/c1-6-8-10-12-14-16-18-19-20-21-22-23-24-25-27-29-31-33-35-37-44(47)53-42(41-52-54(48,49)51-39-38-45(3,4)5)40-50-43(46)36-34-32-30-28-26-17-15-13-11-9-7-2/h14,16,19-20,22-23,25,27,42H,6-13,15,17-18,21,24,26,28-41H2,1-5H3/b16-14-,20-19-,23-22-,27-25-/t42-/m1/s1. The van der Waals surface area contributed by atoms with Gasteiger partial charge < -0.3 is 27.9 Å². The van der Waals surface area contributed by atoms with Crippen molar-refractivity contribution >= 4 is 19.8 Å². The molecule has 9 nitrogen and oxygen atoms in total. The number of allylic oxidation sites excluding steroid dienone is 8. The van der Waals surface area contributed by atoms with E-state index >= 15 is 0 Å². The fourth-order valence-electron chi connectivity index (χ4n) is 5.46. The van der Waals surface area contributed by atoms with E-state index in [-0.39, 0.29) is 26.1 Å². The Bertz CT molecular complexity index is 1070. The van der Waals surface area contributed by atoms with Gasteiger partial charge in [0.25, 0.3) is 7.82 Å². The number of carbonyl (C=O) groups excluding carboxylic acids is 2. The largest absolute Gasteiger partial charge is 0.756 e. The molecule has 1 unspecified atom stereocenters. The summed E-state index contributed by atoms with van der Waals surface area (Å²) in [6, 6.07) is 0. The molecule has 2 atom stereocenters. The summed E-state index contributed by atoms with van der Waals surface area (Å²) in [7, 11) is 1.14. The van der Waals surface area contributed by atoms with E-state index in [2.05, 4.69) is 62.5 Å². The van der Waals surface area contributed by atoms with Crippen molar-refractivity contribution in [1.82, 2.24) is 0 Å².